The molecule has 0 amide bonds. The molecule has 0 atom stereocenters. The molecule has 0 saturated carbocycles. The second-order valence-corrected chi connectivity index (χ2v) is 4.54. The van der Waals surface area contributed by atoms with Crippen molar-refractivity contribution < 1.29 is 4.79 Å². The number of aromatic nitrogens is 1. The van der Waals surface area contributed by atoms with Crippen LogP contribution in [-0.2, 0) is 6.54 Å². The van der Waals surface area contributed by atoms with Crippen molar-refractivity contribution in [1.29, 1.82) is 0 Å². The monoisotopic (exact) mass is 254 g/mol. The first-order valence-electron chi connectivity index (χ1n) is 6.44. The second kappa shape index (κ2) is 6.14. The molecule has 1 heterocycles. The van der Waals surface area contributed by atoms with Gasteiger partial charge in [-0.3, -0.25) is 9.78 Å². The zero-order valence-corrected chi connectivity index (χ0v) is 11.3. The molecule has 0 N–H and O–H groups in total. The number of carbonyl (C=O) groups excluding carboxylic acids is 1. The van der Waals surface area contributed by atoms with E-state index >= 15 is 0 Å². The minimum absolute atomic E-state index is 0.182. The molecule has 2 aromatic rings. The van der Waals surface area contributed by atoms with Crippen molar-refractivity contribution >= 4 is 11.5 Å². The summed E-state index contributed by atoms with van der Waals surface area (Å²) in [5.74, 6) is 0.182. The summed E-state index contributed by atoms with van der Waals surface area (Å²) in [5, 5.41) is 0. The highest BCUT2D eigenvalue weighted by Gasteiger charge is 2.05. The number of hydrogen-bond donors (Lipinski definition) is 0. The maximum Gasteiger partial charge on any atom is 0.162 e. The van der Waals surface area contributed by atoms with Crippen molar-refractivity contribution in [2.75, 3.05) is 11.9 Å². The van der Waals surface area contributed by atoms with Crippen molar-refractivity contribution in [2.45, 2.75) is 19.9 Å². The fourth-order valence-electron chi connectivity index (χ4n) is 1.96. The lowest BCUT2D eigenvalue weighted by atomic mass is 10.1. The first-order valence-corrected chi connectivity index (χ1v) is 6.44. The van der Waals surface area contributed by atoms with E-state index in [2.05, 4.69) is 16.0 Å². The van der Waals surface area contributed by atoms with Crippen LogP contribution in [0.15, 0.2) is 48.8 Å². The van der Waals surface area contributed by atoms with Crippen LogP contribution in [0.1, 0.15) is 29.3 Å². The predicted octanol–water partition coefficient (Wildman–Crippen LogP) is 3.31. The van der Waals surface area contributed by atoms with Gasteiger partial charge in [-0.05, 0) is 35.9 Å². The lowest BCUT2D eigenvalue weighted by Gasteiger charge is -2.19. The molecule has 1 aromatic carbocycles. The molecule has 3 heteroatoms. The molecule has 98 valence electrons. The zero-order valence-electron chi connectivity index (χ0n) is 11.3. The fourth-order valence-corrected chi connectivity index (χ4v) is 1.96. The Hall–Kier alpha value is -2.16. The van der Waals surface area contributed by atoms with Gasteiger partial charge >= 0.3 is 0 Å². The number of rotatable bonds is 5. The van der Waals surface area contributed by atoms with Crippen LogP contribution in [0.2, 0.25) is 0 Å². The predicted molar refractivity (Wildman–Crippen MR) is 77.4 cm³/mol. The van der Waals surface area contributed by atoms with E-state index in [1.165, 1.54) is 5.56 Å². The molecule has 0 fully saturated rings. The van der Waals surface area contributed by atoms with Crippen LogP contribution in [0.3, 0.4) is 0 Å². The Bertz CT molecular complexity index is 534. The van der Waals surface area contributed by atoms with Gasteiger partial charge in [-0.25, -0.2) is 0 Å². The molecule has 0 saturated heterocycles. The van der Waals surface area contributed by atoms with E-state index in [4.69, 9.17) is 0 Å². The van der Waals surface area contributed by atoms with E-state index in [1.54, 1.807) is 6.20 Å². The normalized spacial score (nSPS) is 10.2. The highest BCUT2D eigenvalue weighted by atomic mass is 16.1. The van der Waals surface area contributed by atoms with E-state index in [0.717, 1.165) is 17.8 Å². The standard InChI is InChI=1S/C16H18N2O/c1-3-16(19)14-6-8-15(9-7-14)18(2)12-13-5-4-10-17-11-13/h4-11H,3,12H2,1-2H3. The molecule has 0 spiro atoms. The van der Waals surface area contributed by atoms with Crippen molar-refractivity contribution in [3.63, 3.8) is 0 Å². The SMILES string of the molecule is CCC(=O)c1ccc(N(C)Cc2cccnc2)cc1. The molecule has 0 aliphatic heterocycles. The van der Waals surface area contributed by atoms with Crippen molar-refractivity contribution in [3.8, 4) is 0 Å². The second-order valence-electron chi connectivity index (χ2n) is 4.54. The van der Waals surface area contributed by atoms with E-state index in [0.29, 0.717) is 6.42 Å². The van der Waals surface area contributed by atoms with Crippen LogP contribution >= 0.6 is 0 Å². The third-order valence-electron chi connectivity index (χ3n) is 3.09. The number of hydrogen-bond acceptors (Lipinski definition) is 3. The van der Waals surface area contributed by atoms with Gasteiger partial charge in [0.25, 0.3) is 0 Å². The van der Waals surface area contributed by atoms with Gasteiger partial charge in [0, 0.05) is 43.7 Å². The van der Waals surface area contributed by atoms with Gasteiger partial charge < -0.3 is 4.90 Å². The molecule has 0 unspecified atom stereocenters. The van der Waals surface area contributed by atoms with Gasteiger partial charge in [0.05, 0.1) is 0 Å². The highest BCUT2D eigenvalue weighted by molar-refractivity contribution is 5.96. The molecular weight excluding hydrogens is 236 g/mol. The molecular formula is C16H18N2O. The smallest absolute Gasteiger partial charge is 0.162 e. The summed E-state index contributed by atoms with van der Waals surface area (Å²) in [6, 6.07) is 11.7. The topological polar surface area (TPSA) is 33.2 Å². The molecule has 2 rings (SSSR count). The summed E-state index contributed by atoms with van der Waals surface area (Å²) in [4.78, 5) is 17.8. The Morgan fingerprint density at radius 2 is 1.95 bits per heavy atom. The summed E-state index contributed by atoms with van der Waals surface area (Å²) in [5.41, 5.74) is 3.04. The van der Waals surface area contributed by atoms with Gasteiger partial charge in [0.2, 0.25) is 0 Å². The van der Waals surface area contributed by atoms with Crippen LogP contribution < -0.4 is 4.90 Å². The van der Waals surface area contributed by atoms with E-state index in [-0.39, 0.29) is 5.78 Å². The number of carbonyl (C=O) groups is 1. The number of anilines is 1. The first kappa shape index (κ1) is 13.3. The summed E-state index contributed by atoms with van der Waals surface area (Å²) in [6.45, 7) is 2.68. The maximum atomic E-state index is 11.6. The highest BCUT2D eigenvalue weighted by Crippen LogP contribution is 2.16. The molecule has 0 radical (unpaired) electrons. The van der Waals surface area contributed by atoms with Gasteiger partial charge in [0.15, 0.2) is 5.78 Å². The average molecular weight is 254 g/mol. The van der Waals surface area contributed by atoms with Crippen molar-refractivity contribution in [3.05, 3.63) is 59.9 Å². The maximum absolute atomic E-state index is 11.6. The van der Waals surface area contributed by atoms with Gasteiger partial charge in [0.1, 0.15) is 0 Å². The fraction of sp³-hybridized carbons (Fsp3) is 0.250. The lowest BCUT2D eigenvalue weighted by molar-refractivity contribution is 0.0988. The number of ketones is 1. The number of pyridine rings is 1. The Labute approximate surface area is 113 Å². The van der Waals surface area contributed by atoms with Gasteiger partial charge in [-0.1, -0.05) is 13.0 Å². The lowest BCUT2D eigenvalue weighted by Crippen LogP contribution is -2.16. The third kappa shape index (κ3) is 3.41. The molecule has 3 nitrogen and oxygen atoms in total. The number of benzene rings is 1. The molecule has 0 aliphatic carbocycles. The Morgan fingerprint density at radius 1 is 1.21 bits per heavy atom. The summed E-state index contributed by atoms with van der Waals surface area (Å²) in [6.07, 6.45) is 4.19. The van der Waals surface area contributed by atoms with Crippen LogP contribution in [0.25, 0.3) is 0 Å². The molecule has 0 aliphatic rings. The minimum atomic E-state index is 0.182. The van der Waals surface area contributed by atoms with Crippen LogP contribution in [0.5, 0.6) is 0 Å². The summed E-state index contributed by atoms with van der Waals surface area (Å²) in [7, 11) is 2.03. The van der Waals surface area contributed by atoms with Crippen LogP contribution in [0, 0.1) is 0 Å². The van der Waals surface area contributed by atoms with E-state index in [1.807, 2.05) is 50.5 Å². The molecule has 0 bridgehead atoms. The van der Waals surface area contributed by atoms with Gasteiger partial charge in [-0.15, -0.1) is 0 Å². The van der Waals surface area contributed by atoms with Crippen LogP contribution in [-0.4, -0.2) is 17.8 Å². The van der Waals surface area contributed by atoms with E-state index in [9.17, 15) is 4.79 Å². The minimum Gasteiger partial charge on any atom is -0.370 e. The Morgan fingerprint density at radius 3 is 2.53 bits per heavy atom. The zero-order chi connectivity index (χ0) is 13.7. The van der Waals surface area contributed by atoms with Crippen molar-refractivity contribution in [2.24, 2.45) is 0 Å². The Kier molecular flexibility index (Phi) is 4.29. The summed E-state index contributed by atoms with van der Waals surface area (Å²) < 4.78 is 0. The van der Waals surface area contributed by atoms with Gasteiger partial charge in [-0.2, -0.15) is 0 Å². The third-order valence-corrected chi connectivity index (χ3v) is 3.09. The molecule has 19 heavy (non-hydrogen) atoms. The van der Waals surface area contributed by atoms with Crippen molar-refractivity contribution in [1.82, 2.24) is 4.98 Å². The first-order chi connectivity index (χ1) is 9.20. The summed E-state index contributed by atoms with van der Waals surface area (Å²) >= 11 is 0. The number of nitrogens with zero attached hydrogens (tertiary/aromatic N) is 2. The largest absolute Gasteiger partial charge is 0.370 e. The number of Topliss-reactive ketones (excluding diaryl/α,β-unsaturated/α-hetero) is 1. The van der Waals surface area contributed by atoms with Crippen LogP contribution in [0.4, 0.5) is 5.69 Å². The Balaban J connectivity index is 2.07. The molecule has 1 aromatic heterocycles. The quantitative estimate of drug-likeness (QED) is 0.767. The van der Waals surface area contributed by atoms with E-state index < -0.39 is 0 Å². The average Bonchev–Trinajstić information content (AvgIpc) is 2.47.